The zero-order valence-corrected chi connectivity index (χ0v) is 8.41. The van der Waals surface area contributed by atoms with Crippen LogP contribution >= 0.6 is 0 Å². The van der Waals surface area contributed by atoms with Crippen LogP contribution in [0.4, 0.5) is 14.5 Å². The Labute approximate surface area is 86.3 Å². The Balaban J connectivity index is 2.49. The van der Waals surface area contributed by atoms with Gasteiger partial charge in [0.25, 0.3) is 6.43 Å². The van der Waals surface area contributed by atoms with Crippen LogP contribution in [0.2, 0.25) is 0 Å². The summed E-state index contributed by atoms with van der Waals surface area (Å²) >= 11 is 0. The number of nitrogens with zero attached hydrogens (tertiary/aromatic N) is 2. The second-order valence-corrected chi connectivity index (χ2v) is 3.14. The normalized spacial score (nSPS) is 10.7. The van der Waals surface area contributed by atoms with Crippen molar-refractivity contribution >= 4 is 11.6 Å². The Morgan fingerprint density at radius 2 is 2.40 bits per heavy atom. The Hall–Kier alpha value is -1.46. The van der Waals surface area contributed by atoms with Gasteiger partial charge in [0.15, 0.2) is 0 Å². The van der Waals surface area contributed by atoms with Gasteiger partial charge in [-0.05, 0) is 6.42 Å². The first-order valence-corrected chi connectivity index (χ1v) is 4.72. The summed E-state index contributed by atoms with van der Waals surface area (Å²) in [6.45, 7) is 1.43. The van der Waals surface area contributed by atoms with E-state index < -0.39 is 13.0 Å². The molecule has 84 valence electrons. The monoisotopic (exact) mass is 217 g/mol. The Kier molecular flexibility index (Phi) is 4.20. The van der Waals surface area contributed by atoms with Crippen LogP contribution in [-0.4, -0.2) is 22.1 Å². The van der Waals surface area contributed by atoms with Crippen molar-refractivity contribution in [3.63, 3.8) is 0 Å². The summed E-state index contributed by atoms with van der Waals surface area (Å²) in [6.07, 6.45) is 1.47. The number of hydrogen-bond donors (Lipinski definition) is 1. The number of amides is 1. The summed E-state index contributed by atoms with van der Waals surface area (Å²) in [4.78, 5) is 11.1. The molecule has 0 saturated heterocycles. The van der Waals surface area contributed by atoms with Gasteiger partial charge in [0.2, 0.25) is 5.91 Å². The van der Waals surface area contributed by atoms with Crippen molar-refractivity contribution in [1.29, 1.82) is 0 Å². The molecule has 0 fully saturated rings. The number of carbonyl (C=O) groups excluding carboxylic acids is 1. The van der Waals surface area contributed by atoms with Crippen LogP contribution < -0.4 is 5.32 Å². The van der Waals surface area contributed by atoms with Crippen LogP contribution in [0.5, 0.6) is 0 Å². The predicted molar refractivity (Wildman–Crippen MR) is 51.8 cm³/mol. The number of carbonyl (C=O) groups is 1. The van der Waals surface area contributed by atoms with E-state index in [0.29, 0.717) is 12.1 Å². The fraction of sp³-hybridized carbons (Fsp3) is 0.556. The van der Waals surface area contributed by atoms with Crippen LogP contribution in [0.3, 0.4) is 0 Å². The zero-order valence-electron chi connectivity index (χ0n) is 8.41. The molecule has 0 aromatic carbocycles. The number of aromatic nitrogens is 2. The molecule has 0 atom stereocenters. The van der Waals surface area contributed by atoms with Crippen LogP contribution in [0.25, 0.3) is 0 Å². The Morgan fingerprint density at radius 1 is 1.67 bits per heavy atom. The van der Waals surface area contributed by atoms with Gasteiger partial charge in [0.05, 0.1) is 11.9 Å². The third kappa shape index (κ3) is 4.05. The van der Waals surface area contributed by atoms with Crippen LogP contribution in [-0.2, 0) is 11.3 Å². The van der Waals surface area contributed by atoms with Crippen molar-refractivity contribution in [2.45, 2.75) is 32.7 Å². The van der Waals surface area contributed by atoms with Crippen molar-refractivity contribution in [2.24, 2.45) is 0 Å². The standard InChI is InChI=1S/C9H13F2N3O/c1-2-3-9(15)13-7-4-12-14(5-7)6-8(10)11/h4-5,8H,2-3,6H2,1H3,(H,13,15). The second kappa shape index (κ2) is 5.43. The van der Waals surface area contributed by atoms with E-state index in [-0.39, 0.29) is 5.91 Å². The molecule has 0 spiro atoms. The van der Waals surface area contributed by atoms with E-state index in [0.717, 1.165) is 11.1 Å². The molecule has 0 radical (unpaired) electrons. The molecular formula is C9H13F2N3O. The average Bonchev–Trinajstić information content (AvgIpc) is 2.51. The second-order valence-electron chi connectivity index (χ2n) is 3.14. The van der Waals surface area contributed by atoms with Gasteiger partial charge in [-0.25, -0.2) is 8.78 Å². The Morgan fingerprint density at radius 3 is 3.00 bits per heavy atom. The van der Waals surface area contributed by atoms with E-state index in [1.165, 1.54) is 12.4 Å². The van der Waals surface area contributed by atoms with Crippen molar-refractivity contribution in [1.82, 2.24) is 9.78 Å². The maximum Gasteiger partial charge on any atom is 0.257 e. The third-order valence-corrected chi connectivity index (χ3v) is 1.72. The van der Waals surface area contributed by atoms with Gasteiger partial charge in [0, 0.05) is 12.6 Å². The van der Waals surface area contributed by atoms with Gasteiger partial charge < -0.3 is 5.32 Å². The molecule has 0 aliphatic rings. The lowest BCUT2D eigenvalue weighted by Gasteiger charge is -2.00. The van der Waals surface area contributed by atoms with Crippen molar-refractivity contribution in [2.75, 3.05) is 5.32 Å². The molecule has 1 N–H and O–H groups in total. The topological polar surface area (TPSA) is 46.9 Å². The minimum atomic E-state index is -2.44. The van der Waals surface area contributed by atoms with Crippen molar-refractivity contribution < 1.29 is 13.6 Å². The molecule has 1 aromatic heterocycles. The SMILES string of the molecule is CCCC(=O)Nc1cnn(CC(F)F)c1. The lowest BCUT2D eigenvalue weighted by molar-refractivity contribution is -0.116. The highest BCUT2D eigenvalue weighted by molar-refractivity contribution is 5.90. The quantitative estimate of drug-likeness (QED) is 0.818. The first-order chi connectivity index (χ1) is 7.11. The minimum absolute atomic E-state index is 0.130. The number of hydrogen-bond acceptors (Lipinski definition) is 2. The summed E-state index contributed by atoms with van der Waals surface area (Å²) in [5.41, 5.74) is 0.453. The molecular weight excluding hydrogens is 204 g/mol. The average molecular weight is 217 g/mol. The zero-order chi connectivity index (χ0) is 11.3. The molecule has 6 heteroatoms. The number of alkyl halides is 2. The number of rotatable bonds is 5. The molecule has 15 heavy (non-hydrogen) atoms. The summed E-state index contributed by atoms with van der Waals surface area (Å²) in [5, 5.41) is 6.26. The molecule has 0 unspecified atom stereocenters. The highest BCUT2D eigenvalue weighted by Gasteiger charge is 2.07. The minimum Gasteiger partial charge on any atom is -0.323 e. The van der Waals surface area contributed by atoms with Gasteiger partial charge in [0.1, 0.15) is 6.54 Å². The lowest BCUT2D eigenvalue weighted by atomic mass is 10.3. The maximum absolute atomic E-state index is 12.0. The van der Waals surface area contributed by atoms with E-state index >= 15 is 0 Å². The molecule has 0 aliphatic heterocycles. The van der Waals surface area contributed by atoms with Gasteiger partial charge >= 0.3 is 0 Å². The molecule has 1 aromatic rings. The molecule has 1 rings (SSSR count). The fourth-order valence-corrected chi connectivity index (χ4v) is 1.12. The van der Waals surface area contributed by atoms with E-state index in [4.69, 9.17) is 0 Å². The summed E-state index contributed by atoms with van der Waals surface area (Å²) < 4.78 is 25.0. The molecule has 4 nitrogen and oxygen atoms in total. The van der Waals surface area contributed by atoms with E-state index in [2.05, 4.69) is 10.4 Å². The van der Waals surface area contributed by atoms with Crippen LogP contribution in [0, 0.1) is 0 Å². The fourth-order valence-electron chi connectivity index (χ4n) is 1.12. The summed E-state index contributed by atoms with van der Waals surface area (Å²) in [7, 11) is 0. The largest absolute Gasteiger partial charge is 0.323 e. The highest BCUT2D eigenvalue weighted by Crippen LogP contribution is 2.07. The van der Waals surface area contributed by atoms with Gasteiger partial charge in [-0.2, -0.15) is 5.10 Å². The van der Waals surface area contributed by atoms with Gasteiger partial charge in [-0.1, -0.05) is 6.92 Å². The highest BCUT2D eigenvalue weighted by atomic mass is 19.3. The third-order valence-electron chi connectivity index (χ3n) is 1.72. The number of nitrogens with one attached hydrogen (secondary N) is 1. The van der Waals surface area contributed by atoms with E-state index in [1.54, 1.807) is 0 Å². The van der Waals surface area contributed by atoms with Gasteiger partial charge in [-0.15, -0.1) is 0 Å². The van der Waals surface area contributed by atoms with Gasteiger partial charge in [-0.3, -0.25) is 9.48 Å². The van der Waals surface area contributed by atoms with Crippen LogP contribution in [0.15, 0.2) is 12.4 Å². The number of anilines is 1. The van der Waals surface area contributed by atoms with E-state index in [1.807, 2.05) is 6.92 Å². The molecule has 0 saturated carbocycles. The number of halogens is 2. The summed E-state index contributed by atoms with van der Waals surface area (Å²) in [6, 6.07) is 0. The maximum atomic E-state index is 12.0. The van der Waals surface area contributed by atoms with E-state index in [9.17, 15) is 13.6 Å². The van der Waals surface area contributed by atoms with Crippen molar-refractivity contribution in [3.05, 3.63) is 12.4 Å². The van der Waals surface area contributed by atoms with Crippen LogP contribution in [0.1, 0.15) is 19.8 Å². The smallest absolute Gasteiger partial charge is 0.257 e. The molecule has 0 aliphatic carbocycles. The lowest BCUT2D eigenvalue weighted by Crippen LogP contribution is -2.10. The molecule has 1 heterocycles. The summed E-state index contributed by atoms with van der Waals surface area (Å²) in [5.74, 6) is -0.130. The van der Waals surface area contributed by atoms with Crippen molar-refractivity contribution in [3.8, 4) is 0 Å². The first kappa shape index (κ1) is 11.6. The Bertz CT molecular complexity index is 325. The molecule has 1 amide bonds. The predicted octanol–water partition coefficient (Wildman–Crippen LogP) is 1.89. The molecule has 0 bridgehead atoms. The first-order valence-electron chi connectivity index (χ1n) is 4.72.